The van der Waals surface area contributed by atoms with Gasteiger partial charge in [0.15, 0.2) is 0 Å². The maximum absolute atomic E-state index is 11.9. The zero-order valence-electron chi connectivity index (χ0n) is 11.2. The topological polar surface area (TPSA) is 116 Å². The first-order valence-electron chi connectivity index (χ1n) is 6.06. The molecule has 0 radical (unpaired) electrons. The molecule has 0 bridgehead atoms. The molecule has 0 amide bonds. The van der Waals surface area contributed by atoms with E-state index >= 15 is 0 Å². The Labute approximate surface area is 126 Å². The van der Waals surface area contributed by atoms with Gasteiger partial charge in [-0.1, -0.05) is 0 Å². The van der Waals surface area contributed by atoms with Crippen molar-refractivity contribution in [2.75, 3.05) is 0 Å². The number of phenols is 1. The molecule has 114 valence electrons. The minimum Gasteiger partial charge on any atom is -0.508 e. The number of phenolic OH excluding ortho intramolecular Hbond substituents is 1. The number of carbonyl (C=O) groups is 1. The summed E-state index contributed by atoms with van der Waals surface area (Å²) in [4.78, 5) is 12.6. The number of hydrogen-bond acceptors (Lipinski definition) is 5. The van der Waals surface area contributed by atoms with Crippen LogP contribution in [0.25, 0.3) is 0 Å². The van der Waals surface area contributed by atoms with Crippen molar-refractivity contribution in [2.24, 2.45) is 5.10 Å². The predicted molar refractivity (Wildman–Crippen MR) is 79.4 cm³/mol. The molecule has 2 aromatic rings. The minimum atomic E-state index is -3.87. The lowest BCUT2D eigenvalue weighted by Crippen LogP contribution is -2.18. The maximum atomic E-state index is 11.9. The van der Waals surface area contributed by atoms with Crippen molar-refractivity contribution in [3.8, 4) is 5.75 Å². The Morgan fingerprint density at radius 1 is 1.05 bits per heavy atom. The molecule has 0 unspecified atom stereocenters. The zero-order chi connectivity index (χ0) is 16.2. The summed E-state index contributed by atoms with van der Waals surface area (Å²) in [6, 6.07) is 10.8. The number of carboxylic acids is 1. The van der Waals surface area contributed by atoms with Crippen LogP contribution < -0.4 is 4.83 Å². The molecule has 0 aliphatic heterocycles. The van der Waals surface area contributed by atoms with E-state index in [1.54, 1.807) is 12.1 Å². The maximum Gasteiger partial charge on any atom is 0.335 e. The Balaban J connectivity index is 2.10. The molecule has 2 rings (SSSR count). The quantitative estimate of drug-likeness (QED) is 0.569. The zero-order valence-corrected chi connectivity index (χ0v) is 12.0. The van der Waals surface area contributed by atoms with Gasteiger partial charge in [0.05, 0.1) is 16.7 Å². The van der Waals surface area contributed by atoms with Crippen molar-refractivity contribution < 1.29 is 23.4 Å². The number of hydrogen-bond donors (Lipinski definition) is 3. The van der Waals surface area contributed by atoms with Crippen LogP contribution in [0, 0.1) is 0 Å². The molecule has 0 aliphatic carbocycles. The van der Waals surface area contributed by atoms with Crippen molar-refractivity contribution in [3.05, 3.63) is 59.7 Å². The van der Waals surface area contributed by atoms with Crippen molar-refractivity contribution in [3.63, 3.8) is 0 Å². The SMILES string of the molecule is O=C(O)c1ccc(S(=O)(=O)N/N=C\c2ccc(O)cc2)cc1. The molecule has 0 aliphatic rings. The van der Waals surface area contributed by atoms with E-state index in [2.05, 4.69) is 5.10 Å². The van der Waals surface area contributed by atoms with Gasteiger partial charge < -0.3 is 10.2 Å². The molecule has 0 saturated heterocycles. The molecule has 0 saturated carbocycles. The molecule has 3 N–H and O–H groups in total. The van der Waals surface area contributed by atoms with Gasteiger partial charge in [0.2, 0.25) is 0 Å². The summed E-state index contributed by atoms with van der Waals surface area (Å²) in [5.74, 6) is -1.04. The minimum absolute atomic E-state index is 0.00783. The van der Waals surface area contributed by atoms with E-state index in [1.165, 1.54) is 42.6 Å². The normalized spacial score (nSPS) is 11.5. The summed E-state index contributed by atoms with van der Waals surface area (Å²) < 4.78 is 23.9. The van der Waals surface area contributed by atoms with E-state index in [0.29, 0.717) is 5.56 Å². The van der Waals surface area contributed by atoms with Crippen LogP contribution in [-0.4, -0.2) is 30.8 Å². The average molecular weight is 320 g/mol. The number of aromatic hydroxyl groups is 1. The van der Waals surface area contributed by atoms with E-state index in [0.717, 1.165) is 0 Å². The first kappa shape index (κ1) is 15.5. The molecular formula is C14H12N2O5S. The third-order valence-electron chi connectivity index (χ3n) is 2.69. The smallest absolute Gasteiger partial charge is 0.335 e. The number of aromatic carboxylic acids is 1. The van der Waals surface area contributed by atoms with Crippen LogP contribution in [0.1, 0.15) is 15.9 Å². The van der Waals surface area contributed by atoms with E-state index in [-0.39, 0.29) is 16.2 Å². The van der Waals surface area contributed by atoms with Crippen LogP contribution in [0.4, 0.5) is 0 Å². The molecular weight excluding hydrogens is 308 g/mol. The van der Waals surface area contributed by atoms with Gasteiger partial charge in [-0.2, -0.15) is 13.5 Å². The summed E-state index contributed by atoms with van der Waals surface area (Å²) in [5, 5.41) is 21.5. The van der Waals surface area contributed by atoms with Gasteiger partial charge >= 0.3 is 5.97 Å². The number of carboxylic acid groups (broad SMARTS) is 1. The molecule has 0 atom stereocenters. The van der Waals surface area contributed by atoms with Gasteiger partial charge in [0, 0.05) is 0 Å². The van der Waals surface area contributed by atoms with Gasteiger partial charge in [-0.25, -0.2) is 9.63 Å². The number of benzene rings is 2. The number of hydrazone groups is 1. The predicted octanol–water partition coefficient (Wildman–Crippen LogP) is 1.40. The molecule has 22 heavy (non-hydrogen) atoms. The standard InChI is InChI=1S/C14H12N2O5S/c17-12-5-1-10(2-6-12)9-15-16-22(20,21)13-7-3-11(4-8-13)14(18)19/h1-9,16-17H,(H,18,19)/b15-9-. The summed E-state index contributed by atoms with van der Waals surface area (Å²) >= 11 is 0. The molecule has 0 aromatic heterocycles. The highest BCUT2D eigenvalue weighted by Crippen LogP contribution is 2.11. The fraction of sp³-hybridized carbons (Fsp3) is 0. The van der Waals surface area contributed by atoms with Crippen molar-refractivity contribution in [2.45, 2.75) is 4.90 Å². The Bertz CT molecular complexity index is 796. The Morgan fingerprint density at radius 3 is 2.18 bits per heavy atom. The average Bonchev–Trinajstić information content (AvgIpc) is 2.49. The van der Waals surface area contributed by atoms with Crippen molar-refractivity contribution >= 4 is 22.2 Å². The van der Waals surface area contributed by atoms with E-state index < -0.39 is 16.0 Å². The summed E-state index contributed by atoms with van der Waals surface area (Å²) in [6.07, 6.45) is 1.28. The molecule has 2 aromatic carbocycles. The molecule has 0 heterocycles. The number of nitrogens with one attached hydrogen (secondary N) is 1. The third kappa shape index (κ3) is 3.83. The lowest BCUT2D eigenvalue weighted by molar-refractivity contribution is 0.0696. The van der Waals surface area contributed by atoms with E-state index in [1.807, 2.05) is 4.83 Å². The lowest BCUT2D eigenvalue weighted by Gasteiger charge is -2.03. The summed E-state index contributed by atoms with van der Waals surface area (Å²) in [7, 11) is -3.87. The highest BCUT2D eigenvalue weighted by molar-refractivity contribution is 7.89. The second kappa shape index (κ2) is 6.27. The molecule has 7 nitrogen and oxygen atoms in total. The van der Waals surface area contributed by atoms with Crippen molar-refractivity contribution in [1.82, 2.24) is 4.83 Å². The second-order valence-electron chi connectivity index (χ2n) is 4.27. The molecule has 8 heteroatoms. The number of nitrogens with zero attached hydrogens (tertiary/aromatic N) is 1. The monoisotopic (exact) mass is 320 g/mol. The van der Waals surface area contributed by atoms with Crippen LogP contribution >= 0.6 is 0 Å². The van der Waals surface area contributed by atoms with E-state index in [4.69, 9.17) is 10.2 Å². The van der Waals surface area contributed by atoms with E-state index in [9.17, 15) is 13.2 Å². The Hall–Kier alpha value is -2.87. The van der Waals surface area contributed by atoms with Crippen LogP contribution in [0.5, 0.6) is 5.75 Å². The fourth-order valence-electron chi connectivity index (χ4n) is 1.56. The van der Waals surface area contributed by atoms with Crippen LogP contribution in [0.2, 0.25) is 0 Å². The van der Waals surface area contributed by atoms with Crippen LogP contribution in [0.3, 0.4) is 0 Å². The second-order valence-corrected chi connectivity index (χ2v) is 5.93. The number of sulfonamides is 1. The fourth-order valence-corrected chi connectivity index (χ4v) is 2.35. The third-order valence-corrected chi connectivity index (χ3v) is 3.93. The largest absolute Gasteiger partial charge is 0.508 e. The molecule has 0 spiro atoms. The van der Waals surface area contributed by atoms with Crippen molar-refractivity contribution in [1.29, 1.82) is 0 Å². The highest BCUT2D eigenvalue weighted by atomic mass is 32.2. The molecule has 0 fully saturated rings. The number of rotatable bonds is 5. The Kier molecular flexibility index (Phi) is 4.42. The summed E-state index contributed by atoms with van der Waals surface area (Å²) in [6.45, 7) is 0. The van der Waals surface area contributed by atoms with Gasteiger partial charge in [-0.3, -0.25) is 0 Å². The first-order valence-corrected chi connectivity index (χ1v) is 7.54. The van der Waals surface area contributed by atoms with Crippen LogP contribution in [0.15, 0.2) is 58.5 Å². The van der Waals surface area contributed by atoms with Gasteiger partial charge in [-0.05, 0) is 54.1 Å². The highest BCUT2D eigenvalue weighted by Gasteiger charge is 2.13. The first-order chi connectivity index (χ1) is 10.4. The van der Waals surface area contributed by atoms with Gasteiger partial charge in [0.25, 0.3) is 10.0 Å². The lowest BCUT2D eigenvalue weighted by atomic mass is 10.2. The van der Waals surface area contributed by atoms with Gasteiger partial charge in [0.1, 0.15) is 5.75 Å². The van der Waals surface area contributed by atoms with Gasteiger partial charge in [-0.15, -0.1) is 0 Å². The van der Waals surface area contributed by atoms with Crippen LogP contribution in [-0.2, 0) is 10.0 Å². The summed E-state index contributed by atoms with van der Waals surface area (Å²) in [5.41, 5.74) is 0.591. The Morgan fingerprint density at radius 2 is 1.64 bits per heavy atom.